The standard InChI is InChI=1S/C16H28N2O/c1-13(2)18(4)12-6-5-11-17-14(3)15-7-9-16(19)10-8-15/h7-10,13-14,17,19H,5-6,11-12H2,1-4H3. The Balaban J connectivity index is 2.17. The van der Waals surface area contributed by atoms with Gasteiger partial charge in [0, 0.05) is 12.1 Å². The minimum Gasteiger partial charge on any atom is -0.508 e. The normalized spacial score (nSPS) is 13.2. The summed E-state index contributed by atoms with van der Waals surface area (Å²) < 4.78 is 0. The van der Waals surface area contributed by atoms with Crippen LogP contribution in [0.3, 0.4) is 0 Å². The number of unbranched alkanes of at least 4 members (excludes halogenated alkanes) is 1. The highest BCUT2D eigenvalue weighted by Gasteiger charge is 2.05. The summed E-state index contributed by atoms with van der Waals surface area (Å²) in [5, 5.41) is 12.8. The van der Waals surface area contributed by atoms with E-state index in [0.717, 1.165) is 13.1 Å². The molecule has 0 amide bonds. The molecule has 0 spiro atoms. The molecular weight excluding hydrogens is 236 g/mol. The highest BCUT2D eigenvalue weighted by atomic mass is 16.3. The minimum absolute atomic E-state index is 0.327. The Hall–Kier alpha value is -1.06. The maximum absolute atomic E-state index is 9.26. The van der Waals surface area contributed by atoms with E-state index in [9.17, 15) is 5.11 Å². The summed E-state index contributed by atoms with van der Waals surface area (Å²) in [5.41, 5.74) is 1.22. The first-order valence-electron chi connectivity index (χ1n) is 7.23. The zero-order valence-corrected chi connectivity index (χ0v) is 12.7. The molecule has 2 N–H and O–H groups in total. The number of phenols is 1. The van der Waals surface area contributed by atoms with Crippen molar-refractivity contribution in [1.82, 2.24) is 10.2 Å². The number of aromatic hydroxyl groups is 1. The van der Waals surface area contributed by atoms with Gasteiger partial charge < -0.3 is 15.3 Å². The zero-order valence-electron chi connectivity index (χ0n) is 12.7. The van der Waals surface area contributed by atoms with E-state index in [1.165, 1.54) is 18.4 Å². The first-order valence-corrected chi connectivity index (χ1v) is 7.23. The molecule has 108 valence electrons. The molecule has 0 aromatic heterocycles. The molecule has 1 aromatic carbocycles. The second kappa shape index (κ2) is 8.18. The monoisotopic (exact) mass is 264 g/mol. The molecule has 1 atom stereocenters. The van der Waals surface area contributed by atoms with Crippen LogP contribution in [-0.2, 0) is 0 Å². The van der Waals surface area contributed by atoms with E-state index in [1.807, 2.05) is 12.1 Å². The molecule has 0 heterocycles. The van der Waals surface area contributed by atoms with Crippen molar-refractivity contribution in [2.24, 2.45) is 0 Å². The predicted octanol–water partition coefficient (Wildman–Crippen LogP) is 3.16. The van der Waals surface area contributed by atoms with Gasteiger partial charge in [0.15, 0.2) is 0 Å². The molecule has 1 unspecified atom stereocenters. The molecule has 0 saturated carbocycles. The van der Waals surface area contributed by atoms with Crippen LogP contribution in [0, 0.1) is 0 Å². The molecule has 3 heteroatoms. The van der Waals surface area contributed by atoms with E-state index in [2.05, 4.69) is 38.0 Å². The first kappa shape index (κ1) is 16.0. The van der Waals surface area contributed by atoms with Gasteiger partial charge in [-0.3, -0.25) is 0 Å². The quantitative estimate of drug-likeness (QED) is 0.708. The van der Waals surface area contributed by atoms with E-state index in [-0.39, 0.29) is 0 Å². The minimum atomic E-state index is 0.327. The van der Waals surface area contributed by atoms with Gasteiger partial charge in [-0.15, -0.1) is 0 Å². The van der Waals surface area contributed by atoms with Crippen molar-refractivity contribution in [2.75, 3.05) is 20.1 Å². The van der Waals surface area contributed by atoms with Crippen LogP contribution in [0.25, 0.3) is 0 Å². The predicted molar refractivity (Wildman–Crippen MR) is 81.5 cm³/mol. The highest BCUT2D eigenvalue weighted by molar-refractivity contribution is 5.27. The van der Waals surface area contributed by atoms with Gasteiger partial charge in [0.25, 0.3) is 0 Å². The number of hydrogen-bond donors (Lipinski definition) is 2. The van der Waals surface area contributed by atoms with Gasteiger partial charge >= 0.3 is 0 Å². The summed E-state index contributed by atoms with van der Waals surface area (Å²) in [4.78, 5) is 2.38. The fourth-order valence-electron chi connectivity index (χ4n) is 1.94. The largest absolute Gasteiger partial charge is 0.508 e. The molecule has 1 rings (SSSR count). The third-order valence-electron chi connectivity index (χ3n) is 3.66. The maximum atomic E-state index is 9.26. The number of nitrogens with zero attached hydrogens (tertiary/aromatic N) is 1. The van der Waals surface area contributed by atoms with Gasteiger partial charge in [0.05, 0.1) is 0 Å². The van der Waals surface area contributed by atoms with Crippen molar-refractivity contribution in [3.8, 4) is 5.75 Å². The Bertz CT molecular complexity index is 348. The summed E-state index contributed by atoms with van der Waals surface area (Å²) in [7, 11) is 2.18. The van der Waals surface area contributed by atoms with Crippen LogP contribution in [0.1, 0.15) is 45.2 Å². The summed E-state index contributed by atoms with van der Waals surface area (Å²) in [6.45, 7) is 8.81. The van der Waals surface area contributed by atoms with E-state index >= 15 is 0 Å². The molecule has 1 aromatic rings. The van der Waals surface area contributed by atoms with Crippen molar-refractivity contribution in [3.05, 3.63) is 29.8 Å². The van der Waals surface area contributed by atoms with Gasteiger partial charge in [-0.2, -0.15) is 0 Å². The lowest BCUT2D eigenvalue weighted by molar-refractivity contribution is 0.267. The molecule has 0 saturated heterocycles. The van der Waals surface area contributed by atoms with E-state index < -0.39 is 0 Å². The maximum Gasteiger partial charge on any atom is 0.115 e. The Morgan fingerprint density at radius 1 is 1.11 bits per heavy atom. The summed E-state index contributed by atoms with van der Waals surface area (Å²) >= 11 is 0. The smallest absolute Gasteiger partial charge is 0.115 e. The Labute approximate surface area is 117 Å². The van der Waals surface area contributed by atoms with Gasteiger partial charge in [0.1, 0.15) is 5.75 Å². The molecule has 3 nitrogen and oxygen atoms in total. The van der Waals surface area contributed by atoms with Crippen molar-refractivity contribution in [1.29, 1.82) is 0 Å². The molecule has 19 heavy (non-hydrogen) atoms. The van der Waals surface area contributed by atoms with Crippen LogP contribution < -0.4 is 5.32 Å². The molecule has 0 radical (unpaired) electrons. The second-order valence-corrected chi connectivity index (χ2v) is 5.55. The topological polar surface area (TPSA) is 35.5 Å². The third kappa shape index (κ3) is 6.08. The average Bonchev–Trinajstić information content (AvgIpc) is 2.38. The van der Waals surface area contributed by atoms with Crippen LogP contribution in [0.4, 0.5) is 0 Å². The van der Waals surface area contributed by atoms with E-state index in [4.69, 9.17) is 0 Å². The second-order valence-electron chi connectivity index (χ2n) is 5.55. The fraction of sp³-hybridized carbons (Fsp3) is 0.625. The highest BCUT2D eigenvalue weighted by Crippen LogP contribution is 2.16. The lowest BCUT2D eigenvalue weighted by atomic mass is 10.1. The van der Waals surface area contributed by atoms with Crippen molar-refractivity contribution in [2.45, 2.75) is 45.7 Å². The molecular formula is C16H28N2O. The Morgan fingerprint density at radius 3 is 2.32 bits per heavy atom. The summed E-state index contributed by atoms with van der Waals surface area (Å²) in [5.74, 6) is 0.327. The number of phenolic OH excluding ortho intramolecular Hbond substituents is 1. The summed E-state index contributed by atoms with van der Waals surface area (Å²) in [6.07, 6.45) is 2.42. The number of benzene rings is 1. The number of hydrogen-bond acceptors (Lipinski definition) is 3. The lowest BCUT2D eigenvalue weighted by Crippen LogP contribution is -2.28. The Morgan fingerprint density at radius 2 is 1.74 bits per heavy atom. The molecule has 0 aliphatic heterocycles. The Kier molecular flexibility index (Phi) is 6.89. The van der Waals surface area contributed by atoms with Crippen LogP contribution >= 0.6 is 0 Å². The number of rotatable bonds is 8. The van der Waals surface area contributed by atoms with Crippen LogP contribution in [-0.4, -0.2) is 36.2 Å². The molecule has 0 bridgehead atoms. The first-order chi connectivity index (χ1) is 9.00. The van der Waals surface area contributed by atoms with E-state index in [0.29, 0.717) is 17.8 Å². The molecule has 0 aliphatic rings. The van der Waals surface area contributed by atoms with Gasteiger partial charge in [-0.1, -0.05) is 12.1 Å². The lowest BCUT2D eigenvalue weighted by Gasteiger charge is -2.21. The van der Waals surface area contributed by atoms with Crippen LogP contribution in [0.15, 0.2) is 24.3 Å². The van der Waals surface area contributed by atoms with Gasteiger partial charge in [-0.05, 0) is 71.4 Å². The zero-order chi connectivity index (χ0) is 14.3. The molecule has 0 aliphatic carbocycles. The van der Waals surface area contributed by atoms with Crippen molar-refractivity contribution >= 4 is 0 Å². The number of nitrogens with one attached hydrogen (secondary N) is 1. The van der Waals surface area contributed by atoms with Crippen LogP contribution in [0.5, 0.6) is 5.75 Å². The SMILES string of the molecule is CC(NCCCCN(C)C(C)C)c1ccc(O)cc1. The fourth-order valence-corrected chi connectivity index (χ4v) is 1.94. The van der Waals surface area contributed by atoms with Crippen molar-refractivity contribution < 1.29 is 5.11 Å². The third-order valence-corrected chi connectivity index (χ3v) is 3.66. The van der Waals surface area contributed by atoms with Gasteiger partial charge in [-0.25, -0.2) is 0 Å². The van der Waals surface area contributed by atoms with Gasteiger partial charge in [0.2, 0.25) is 0 Å². The van der Waals surface area contributed by atoms with E-state index in [1.54, 1.807) is 12.1 Å². The average molecular weight is 264 g/mol. The summed E-state index contributed by atoms with van der Waals surface area (Å²) in [6, 6.07) is 8.39. The van der Waals surface area contributed by atoms with Crippen LogP contribution in [0.2, 0.25) is 0 Å². The van der Waals surface area contributed by atoms with Crippen molar-refractivity contribution in [3.63, 3.8) is 0 Å². The molecule has 0 fully saturated rings.